The summed E-state index contributed by atoms with van der Waals surface area (Å²) in [6.45, 7) is 5.32. The topological polar surface area (TPSA) is 64.6 Å². The molecule has 1 aromatic carbocycles. The molecule has 0 aliphatic rings. The molecule has 0 bridgehead atoms. The van der Waals surface area contributed by atoms with Gasteiger partial charge in [-0.2, -0.15) is 0 Å². The van der Waals surface area contributed by atoms with Gasteiger partial charge in [0.2, 0.25) is 0 Å². The summed E-state index contributed by atoms with van der Waals surface area (Å²) in [6, 6.07) is 8.32. The number of rotatable bonds is 5. The molecule has 5 heteroatoms. The van der Waals surface area contributed by atoms with E-state index in [9.17, 15) is 9.59 Å². The van der Waals surface area contributed by atoms with Gasteiger partial charge in [-0.1, -0.05) is 30.3 Å². The summed E-state index contributed by atoms with van der Waals surface area (Å²) in [5.74, 6) is 1.75. The van der Waals surface area contributed by atoms with Gasteiger partial charge in [-0.05, 0) is 26.3 Å². The Kier molecular flexibility index (Phi) is 6.46. The zero-order chi connectivity index (χ0) is 16.6. The lowest BCUT2D eigenvalue weighted by molar-refractivity contribution is -0.147. The van der Waals surface area contributed by atoms with Crippen molar-refractivity contribution in [2.75, 3.05) is 0 Å². The molecule has 1 atom stereocenters. The summed E-state index contributed by atoms with van der Waals surface area (Å²) < 4.78 is 10.3. The monoisotopic (exact) mass is 303 g/mol. The summed E-state index contributed by atoms with van der Waals surface area (Å²) >= 11 is 0. The summed E-state index contributed by atoms with van der Waals surface area (Å²) in [5, 5.41) is 2.43. The maximum Gasteiger partial charge on any atom is 0.408 e. The average Bonchev–Trinajstić information content (AvgIpc) is 2.43. The lowest BCUT2D eigenvalue weighted by atomic mass is 10.2. The lowest BCUT2D eigenvalue weighted by Crippen LogP contribution is -2.44. The van der Waals surface area contributed by atoms with Crippen molar-refractivity contribution in [2.45, 2.75) is 45.4 Å². The van der Waals surface area contributed by atoms with E-state index in [0.29, 0.717) is 0 Å². The number of nitrogens with one attached hydrogen (secondary N) is 1. The van der Waals surface area contributed by atoms with Crippen LogP contribution in [0.2, 0.25) is 0 Å². The van der Waals surface area contributed by atoms with Crippen LogP contribution < -0.4 is 5.32 Å². The van der Waals surface area contributed by atoms with Crippen LogP contribution in [0.15, 0.2) is 30.3 Å². The third kappa shape index (κ3) is 6.80. The smallest absolute Gasteiger partial charge is 0.408 e. The van der Waals surface area contributed by atoms with Crippen LogP contribution in [0.5, 0.6) is 0 Å². The molecule has 0 saturated carbocycles. The van der Waals surface area contributed by atoms with Crippen LogP contribution in [-0.4, -0.2) is 23.7 Å². The molecular weight excluding hydrogens is 282 g/mol. The molecule has 5 nitrogen and oxygen atoms in total. The van der Waals surface area contributed by atoms with Crippen LogP contribution in [0.25, 0.3) is 0 Å². The first kappa shape index (κ1) is 17.6. The SMILES string of the molecule is C#CCC(NC(=O)OC(C)(C)C)C(=O)OCc1ccccc1. The number of carbonyl (C=O) groups excluding carboxylic acids is 2. The number of benzene rings is 1. The number of amides is 1. The number of hydrogen-bond acceptors (Lipinski definition) is 4. The van der Waals surface area contributed by atoms with E-state index in [1.165, 1.54) is 0 Å². The summed E-state index contributed by atoms with van der Waals surface area (Å²) in [4.78, 5) is 23.7. The summed E-state index contributed by atoms with van der Waals surface area (Å²) in [6.07, 6.45) is 4.56. The van der Waals surface area contributed by atoms with Crippen LogP contribution in [-0.2, 0) is 20.9 Å². The number of carbonyl (C=O) groups is 2. The zero-order valence-electron chi connectivity index (χ0n) is 13.1. The Bertz CT molecular complexity index is 540. The molecular formula is C17H21NO4. The van der Waals surface area contributed by atoms with Gasteiger partial charge in [0.05, 0.1) is 0 Å². The van der Waals surface area contributed by atoms with E-state index < -0.39 is 23.7 Å². The highest BCUT2D eigenvalue weighted by Crippen LogP contribution is 2.08. The second kappa shape index (κ2) is 8.08. The maximum atomic E-state index is 12.0. The van der Waals surface area contributed by atoms with Gasteiger partial charge >= 0.3 is 12.1 Å². The Morgan fingerprint density at radius 3 is 2.45 bits per heavy atom. The van der Waals surface area contributed by atoms with E-state index in [2.05, 4.69) is 11.2 Å². The minimum absolute atomic E-state index is 0.0346. The molecule has 1 N–H and O–H groups in total. The van der Waals surface area contributed by atoms with Crippen molar-refractivity contribution in [3.8, 4) is 12.3 Å². The molecule has 0 radical (unpaired) electrons. The van der Waals surface area contributed by atoms with Crippen molar-refractivity contribution in [2.24, 2.45) is 0 Å². The molecule has 0 aliphatic heterocycles. The van der Waals surface area contributed by atoms with E-state index in [-0.39, 0.29) is 13.0 Å². The first-order valence-electron chi connectivity index (χ1n) is 6.95. The molecule has 0 saturated heterocycles. The van der Waals surface area contributed by atoms with Gasteiger partial charge < -0.3 is 14.8 Å². The van der Waals surface area contributed by atoms with E-state index in [1.807, 2.05) is 30.3 Å². The third-order valence-electron chi connectivity index (χ3n) is 2.52. The molecule has 0 spiro atoms. The number of terminal acetylenes is 1. The van der Waals surface area contributed by atoms with Crippen molar-refractivity contribution in [3.05, 3.63) is 35.9 Å². The van der Waals surface area contributed by atoms with Crippen LogP contribution in [0.1, 0.15) is 32.8 Å². The molecule has 118 valence electrons. The first-order valence-corrected chi connectivity index (χ1v) is 6.95. The Balaban J connectivity index is 2.56. The minimum atomic E-state index is -0.927. The molecule has 22 heavy (non-hydrogen) atoms. The number of hydrogen-bond donors (Lipinski definition) is 1. The van der Waals surface area contributed by atoms with E-state index in [0.717, 1.165) is 5.56 Å². The Morgan fingerprint density at radius 2 is 1.91 bits per heavy atom. The van der Waals surface area contributed by atoms with Crippen molar-refractivity contribution in [1.82, 2.24) is 5.32 Å². The summed E-state index contributed by atoms with van der Waals surface area (Å²) in [7, 11) is 0. The molecule has 1 rings (SSSR count). The van der Waals surface area contributed by atoms with Gasteiger partial charge in [0.15, 0.2) is 0 Å². The molecule has 1 unspecified atom stereocenters. The average molecular weight is 303 g/mol. The summed E-state index contributed by atoms with van der Waals surface area (Å²) in [5.41, 5.74) is 0.200. The fraction of sp³-hybridized carbons (Fsp3) is 0.412. The second-order valence-electron chi connectivity index (χ2n) is 5.70. The van der Waals surface area contributed by atoms with Gasteiger partial charge in [0.1, 0.15) is 18.2 Å². The van der Waals surface area contributed by atoms with Gasteiger partial charge in [0.25, 0.3) is 0 Å². The minimum Gasteiger partial charge on any atom is -0.459 e. The molecule has 0 aliphatic carbocycles. The number of ether oxygens (including phenoxy) is 2. The Labute approximate surface area is 131 Å². The Hall–Kier alpha value is -2.48. The van der Waals surface area contributed by atoms with Crippen LogP contribution >= 0.6 is 0 Å². The van der Waals surface area contributed by atoms with Crippen molar-refractivity contribution in [3.63, 3.8) is 0 Å². The van der Waals surface area contributed by atoms with Gasteiger partial charge in [-0.3, -0.25) is 0 Å². The van der Waals surface area contributed by atoms with Crippen molar-refractivity contribution < 1.29 is 19.1 Å². The third-order valence-corrected chi connectivity index (χ3v) is 2.52. The standard InChI is InChI=1S/C17H21NO4/c1-5-9-14(18-16(20)22-17(2,3)4)15(19)21-12-13-10-7-6-8-11-13/h1,6-8,10-11,14H,9,12H2,2-4H3,(H,18,20). The highest BCUT2D eigenvalue weighted by molar-refractivity contribution is 5.81. The van der Waals surface area contributed by atoms with E-state index >= 15 is 0 Å². The highest BCUT2D eigenvalue weighted by atomic mass is 16.6. The largest absolute Gasteiger partial charge is 0.459 e. The van der Waals surface area contributed by atoms with E-state index in [1.54, 1.807) is 20.8 Å². The van der Waals surface area contributed by atoms with Crippen LogP contribution in [0.3, 0.4) is 0 Å². The molecule has 1 aromatic rings. The molecule has 0 aromatic heterocycles. The van der Waals surface area contributed by atoms with Gasteiger partial charge in [-0.25, -0.2) is 9.59 Å². The van der Waals surface area contributed by atoms with Gasteiger partial charge in [-0.15, -0.1) is 12.3 Å². The predicted molar refractivity (Wildman–Crippen MR) is 82.8 cm³/mol. The van der Waals surface area contributed by atoms with E-state index in [4.69, 9.17) is 15.9 Å². The fourth-order valence-corrected chi connectivity index (χ4v) is 1.59. The quantitative estimate of drug-likeness (QED) is 0.671. The molecule has 0 fully saturated rings. The maximum absolute atomic E-state index is 12.0. The molecule has 1 amide bonds. The van der Waals surface area contributed by atoms with Crippen LogP contribution in [0, 0.1) is 12.3 Å². The van der Waals surface area contributed by atoms with Gasteiger partial charge in [0, 0.05) is 6.42 Å². The predicted octanol–water partition coefficient (Wildman–Crippen LogP) is 2.65. The Morgan fingerprint density at radius 1 is 1.27 bits per heavy atom. The molecule has 0 heterocycles. The lowest BCUT2D eigenvalue weighted by Gasteiger charge is -2.22. The second-order valence-corrected chi connectivity index (χ2v) is 5.70. The first-order chi connectivity index (χ1) is 10.3. The highest BCUT2D eigenvalue weighted by Gasteiger charge is 2.24. The van der Waals surface area contributed by atoms with Crippen molar-refractivity contribution in [1.29, 1.82) is 0 Å². The van der Waals surface area contributed by atoms with Crippen LogP contribution in [0.4, 0.5) is 4.79 Å². The fourth-order valence-electron chi connectivity index (χ4n) is 1.59. The zero-order valence-corrected chi connectivity index (χ0v) is 13.1. The normalized spacial score (nSPS) is 11.9. The number of alkyl carbamates (subject to hydrolysis) is 1. The number of esters is 1. The van der Waals surface area contributed by atoms with Crippen molar-refractivity contribution >= 4 is 12.1 Å².